The predicted molar refractivity (Wildman–Crippen MR) is 87.2 cm³/mol. The van der Waals surface area contributed by atoms with Gasteiger partial charge in [0.2, 0.25) is 5.91 Å². The average molecular weight is 281 g/mol. The summed E-state index contributed by atoms with van der Waals surface area (Å²) in [6, 6.07) is 16.4. The summed E-state index contributed by atoms with van der Waals surface area (Å²) in [6.07, 6.45) is 1.33. The number of aryl methyl sites for hydroxylation is 2. The first kappa shape index (κ1) is 15.3. The third-order valence-electron chi connectivity index (χ3n) is 3.88. The van der Waals surface area contributed by atoms with Crippen LogP contribution in [0.2, 0.25) is 0 Å². The van der Waals surface area contributed by atoms with E-state index in [4.69, 9.17) is 0 Å². The molecule has 1 amide bonds. The number of benzene rings is 2. The fraction of sp³-hybridized carbons (Fsp3) is 0.316. The van der Waals surface area contributed by atoms with Crippen molar-refractivity contribution in [1.82, 2.24) is 5.32 Å². The molecule has 2 aromatic rings. The summed E-state index contributed by atoms with van der Waals surface area (Å²) in [6.45, 7) is 6.26. The van der Waals surface area contributed by atoms with Gasteiger partial charge in [-0.2, -0.15) is 0 Å². The van der Waals surface area contributed by atoms with Crippen LogP contribution >= 0.6 is 0 Å². The summed E-state index contributed by atoms with van der Waals surface area (Å²) in [5.74, 6) is 0.0777. The summed E-state index contributed by atoms with van der Waals surface area (Å²) < 4.78 is 0. The van der Waals surface area contributed by atoms with Gasteiger partial charge in [-0.25, -0.2) is 0 Å². The van der Waals surface area contributed by atoms with Crippen LogP contribution in [0.1, 0.15) is 41.6 Å². The van der Waals surface area contributed by atoms with Crippen LogP contribution in [-0.4, -0.2) is 5.91 Å². The van der Waals surface area contributed by atoms with Gasteiger partial charge in [-0.05, 0) is 42.5 Å². The Morgan fingerprint density at radius 2 is 1.76 bits per heavy atom. The third kappa shape index (κ3) is 4.19. The van der Waals surface area contributed by atoms with Crippen molar-refractivity contribution in [3.05, 3.63) is 70.8 Å². The molecule has 0 bridgehead atoms. The van der Waals surface area contributed by atoms with E-state index in [1.807, 2.05) is 24.3 Å². The zero-order chi connectivity index (χ0) is 15.2. The number of hydrogen-bond acceptors (Lipinski definition) is 1. The Balaban J connectivity index is 2.01. The minimum Gasteiger partial charge on any atom is -0.349 e. The molecule has 0 unspecified atom stereocenters. The molecule has 0 aliphatic rings. The summed E-state index contributed by atoms with van der Waals surface area (Å²) in [4.78, 5) is 12.2. The maximum Gasteiger partial charge on any atom is 0.224 e. The lowest BCUT2D eigenvalue weighted by atomic mass is 10.0. The van der Waals surface area contributed by atoms with E-state index in [1.54, 1.807) is 0 Å². The van der Waals surface area contributed by atoms with Crippen molar-refractivity contribution in [2.75, 3.05) is 0 Å². The van der Waals surface area contributed by atoms with Gasteiger partial charge in [0.25, 0.3) is 0 Å². The SMILES string of the molecule is CC[C@H](NC(=O)Cc1ccc(C)c(C)c1)c1ccccc1. The molecule has 0 radical (unpaired) electrons. The molecule has 21 heavy (non-hydrogen) atoms. The van der Waals surface area contributed by atoms with E-state index in [9.17, 15) is 4.79 Å². The number of amides is 1. The van der Waals surface area contributed by atoms with E-state index in [0.717, 1.165) is 17.5 Å². The zero-order valence-corrected chi connectivity index (χ0v) is 13.0. The van der Waals surface area contributed by atoms with Crippen LogP contribution < -0.4 is 5.32 Å². The van der Waals surface area contributed by atoms with E-state index in [1.165, 1.54) is 11.1 Å². The topological polar surface area (TPSA) is 29.1 Å². The minimum absolute atomic E-state index is 0.0777. The van der Waals surface area contributed by atoms with Crippen LogP contribution in [0.5, 0.6) is 0 Å². The molecule has 1 N–H and O–H groups in total. The van der Waals surface area contributed by atoms with E-state index in [-0.39, 0.29) is 11.9 Å². The second-order valence-corrected chi connectivity index (χ2v) is 5.53. The van der Waals surface area contributed by atoms with Crippen molar-refractivity contribution in [2.45, 2.75) is 39.7 Å². The minimum atomic E-state index is 0.0777. The van der Waals surface area contributed by atoms with Crippen LogP contribution in [0.4, 0.5) is 0 Å². The molecule has 0 aromatic heterocycles. The Labute approximate surface area is 127 Å². The molecule has 0 fully saturated rings. The number of carbonyl (C=O) groups is 1. The van der Waals surface area contributed by atoms with E-state index in [0.29, 0.717) is 6.42 Å². The molecule has 2 nitrogen and oxygen atoms in total. The highest BCUT2D eigenvalue weighted by Crippen LogP contribution is 2.16. The Morgan fingerprint density at radius 3 is 2.38 bits per heavy atom. The summed E-state index contributed by atoms with van der Waals surface area (Å²) in [5, 5.41) is 3.13. The zero-order valence-electron chi connectivity index (χ0n) is 13.0. The molecular formula is C19H23NO. The molecular weight excluding hydrogens is 258 g/mol. The molecule has 110 valence electrons. The van der Waals surface area contributed by atoms with E-state index < -0.39 is 0 Å². The molecule has 2 heteroatoms. The van der Waals surface area contributed by atoms with Gasteiger partial charge in [-0.15, -0.1) is 0 Å². The highest BCUT2D eigenvalue weighted by molar-refractivity contribution is 5.79. The molecule has 2 aromatic carbocycles. The smallest absolute Gasteiger partial charge is 0.224 e. The third-order valence-corrected chi connectivity index (χ3v) is 3.88. The van der Waals surface area contributed by atoms with Crippen molar-refractivity contribution in [3.63, 3.8) is 0 Å². The highest BCUT2D eigenvalue weighted by atomic mass is 16.1. The standard InChI is InChI=1S/C19H23NO/c1-4-18(17-8-6-5-7-9-17)20-19(21)13-16-11-10-14(2)15(3)12-16/h5-12,18H,4,13H2,1-3H3,(H,20,21)/t18-/m0/s1. The predicted octanol–water partition coefficient (Wildman–Crippen LogP) is 4.11. The lowest BCUT2D eigenvalue weighted by molar-refractivity contribution is -0.121. The second kappa shape index (κ2) is 7.07. The van der Waals surface area contributed by atoms with Gasteiger partial charge in [-0.3, -0.25) is 4.79 Å². The van der Waals surface area contributed by atoms with Gasteiger partial charge in [0.15, 0.2) is 0 Å². The van der Waals surface area contributed by atoms with E-state index >= 15 is 0 Å². The van der Waals surface area contributed by atoms with Crippen molar-refractivity contribution in [2.24, 2.45) is 0 Å². The monoisotopic (exact) mass is 281 g/mol. The quantitative estimate of drug-likeness (QED) is 0.878. The number of nitrogens with one attached hydrogen (secondary N) is 1. The number of rotatable bonds is 5. The Morgan fingerprint density at radius 1 is 1.05 bits per heavy atom. The molecule has 2 rings (SSSR count). The Hall–Kier alpha value is -2.09. The maximum absolute atomic E-state index is 12.2. The van der Waals surface area contributed by atoms with Gasteiger partial charge < -0.3 is 5.32 Å². The van der Waals surface area contributed by atoms with Gasteiger partial charge in [0.1, 0.15) is 0 Å². The molecule has 0 aliphatic carbocycles. The average Bonchev–Trinajstić information content (AvgIpc) is 2.49. The van der Waals surface area contributed by atoms with Crippen molar-refractivity contribution in [1.29, 1.82) is 0 Å². The maximum atomic E-state index is 12.2. The second-order valence-electron chi connectivity index (χ2n) is 5.53. The number of hydrogen-bond donors (Lipinski definition) is 1. The van der Waals surface area contributed by atoms with Gasteiger partial charge in [-0.1, -0.05) is 55.5 Å². The van der Waals surface area contributed by atoms with Crippen LogP contribution in [0, 0.1) is 13.8 Å². The Bertz CT molecular complexity index is 604. The summed E-state index contributed by atoms with van der Waals surface area (Å²) in [5.41, 5.74) is 4.72. The van der Waals surface area contributed by atoms with Gasteiger partial charge in [0.05, 0.1) is 12.5 Å². The molecule has 0 spiro atoms. The fourth-order valence-corrected chi connectivity index (χ4v) is 2.45. The van der Waals surface area contributed by atoms with Crippen LogP contribution in [0.25, 0.3) is 0 Å². The first-order chi connectivity index (χ1) is 10.1. The van der Waals surface area contributed by atoms with Crippen molar-refractivity contribution >= 4 is 5.91 Å². The van der Waals surface area contributed by atoms with Gasteiger partial charge in [0, 0.05) is 0 Å². The molecule has 0 aliphatic heterocycles. The highest BCUT2D eigenvalue weighted by Gasteiger charge is 2.12. The van der Waals surface area contributed by atoms with Crippen molar-refractivity contribution in [3.8, 4) is 0 Å². The molecule has 0 heterocycles. The first-order valence-corrected chi connectivity index (χ1v) is 7.50. The van der Waals surface area contributed by atoms with Gasteiger partial charge >= 0.3 is 0 Å². The van der Waals surface area contributed by atoms with E-state index in [2.05, 4.69) is 50.4 Å². The van der Waals surface area contributed by atoms with Crippen LogP contribution in [0.3, 0.4) is 0 Å². The normalized spacial score (nSPS) is 12.0. The largest absolute Gasteiger partial charge is 0.349 e. The van der Waals surface area contributed by atoms with Crippen LogP contribution in [-0.2, 0) is 11.2 Å². The summed E-state index contributed by atoms with van der Waals surface area (Å²) in [7, 11) is 0. The molecule has 0 saturated heterocycles. The summed E-state index contributed by atoms with van der Waals surface area (Å²) >= 11 is 0. The number of carbonyl (C=O) groups excluding carboxylic acids is 1. The molecule has 1 atom stereocenters. The molecule has 0 saturated carbocycles. The van der Waals surface area contributed by atoms with Crippen LogP contribution in [0.15, 0.2) is 48.5 Å². The lowest BCUT2D eigenvalue weighted by Crippen LogP contribution is -2.29. The first-order valence-electron chi connectivity index (χ1n) is 7.50. The lowest BCUT2D eigenvalue weighted by Gasteiger charge is -2.17. The fourth-order valence-electron chi connectivity index (χ4n) is 2.45. The Kier molecular flexibility index (Phi) is 5.15. The van der Waals surface area contributed by atoms with Crippen molar-refractivity contribution < 1.29 is 4.79 Å².